The van der Waals surface area contributed by atoms with E-state index in [2.05, 4.69) is 5.32 Å². The Hall–Kier alpha value is -3.19. The molecule has 0 bridgehead atoms. The molecule has 1 aromatic rings. The molecule has 2 aliphatic rings. The van der Waals surface area contributed by atoms with Gasteiger partial charge in [0.2, 0.25) is 11.8 Å². The zero-order chi connectivity index (χ0) is 15.9. The quantitative estimate of drug-likeness (QED) is 0.743. The van der Waals surface area contributed by atoms with Crippen LogP contribution in [0, 0.1) is 22.7 Å². The lowest BCUT2D eigenvalue weighted by Crippen LogP contribution is -2.52. The number of amides is 3. The summed E-state index contributed by atoms with van der Waals surface area (Å²) in [5.74, 6) is -1.30. The maximum absolute atomic E-state index is 12.6. The number of carbonyl (C=O) groups is 3. The Morgan fingerprint density at radius 2 is 1.95 bits per heavy atom. The number of rotatable bonds is 1. The average Bonchev–Trinajstić information content (AvgIpc) is 2.83. The van der Waals surface area contributed by atoms with Gasteiger partial charge in [0.05, 0.1) is 16.7 Å². The first kappa shape index (κ1) is 13.8. The van der Waals surface area contributed by atoms with Crippen molar-refractivity contribution >= 4 is 17.7 Å². The van der Waals surface area contributed by atoms with Crippen LogP contribution in [0.15, 0.2) is 12.1 Å². The molecule has 3 rings (SSSR count). The fourth-order valence-electron chi connectivity index (χ4n) is 2.86. The molecule has 0 aliphatic carbocycles. The first-order chi connectivity index (χ1) is 10.6. The molecule has 3 amide bonds. The number of hydrogen-bond donors (Lipinski definition) is 1. The number of imide groups is 1. The van der Waals surface area contributed by atoms with Gasteiger partial charge in [0, 0.05) is 13.0 Å². The van der Waals surface area contributed by atoms with Crippen LogP contribution in [0.4, 0.5) is 0 Å². The van der Waals surface area contributed by atoms with Gasteiger partial charge in [-0.25, -0.2) is 0 Å². The predicted octanol–water partition coefficient (Wildman–Crippen LogP) is 0.191. The van der Waals surface area contributed by atoms with E-state index in [0.717, 1.165) is 0 Å². The van der Waals surface area contributed by atoms with Crippen LogP contribution in [0.3, 0.4) is 0 Å². The average molecular weight is 294 g/mol. The van der Waals surface area contributed by atoms with Crippen molar-refractivity contribution in [2.24, 2.45) is 0 Å². The van der Waals surface area contributed by atoms with E-state index < -0.39 is 17.9 Å². The number of benzene rings is 1. The van der Waals surface area contributed by atoms with Crippen LogP contribution < -0.4 is 5.32 Å². The molecule has 7 nitrogen and oxygen atoms in total. The van der Waals surface area contributed by atoms with Crippen LogP contribution in [0.2, 0.25) is 0 Å². The van der Waals surface area contributed by atoms with Crippen molar-refractivity contribution in [1.82, 2.24) is 10.2 Å². The van der Waals surface area contributed by atoms with Crippen molar-refractivity contribution in [3.63, 3.8) is 0 Å². The van der Waals surface area contributed by atoms with Gasteiger partial charge in [-0.3, -0.25) is 19.7 Å². The number of carbonyl (C=O) groups excluding carboxylic acids is 3. The van der Waals surface area contributed by atoms with Crippen LogP contribution in [0.5, 0.6) is 0 Å². The van der Waals surface area contributed by atoms with E-state index in [-0.39, 0.29) is 42.0 Å². The van der Waals surface area contributed by atoms with E-state index in [9.17, 15) is 19.6 Å². The lowest BCUT2D eigenvalue weighted by atomic mass is 9.99. The van der Waals surface area contributed by atoms with Crippen molar-refractivity contribution in [3.8, 4) is 12.1 Å². The Labute approximate surface area is 125 Å². The second-order valence-electron chi connectivity index (χ2n) is 5.15. The van der Waals surface area contributed by atoms with E-state index in [0.29, 0.717) is 5.56 Å². The Morgan fingerprint density at radius 1 is 1.18 bits per heavy atom. The first-order valence-corrected chi connectivity index (χ1v) is 6.67. The van der Waals surface area contributed by atoms with Gasteiger partial charge < -0.3 is 4.90 Å². The monoisotopic (exact) mass is 294 g/mol. The molecular formula is C15H10N4O3. The molecule has 2 heterocycles. The summed E-state index contributed by atoms with van der Waals surface area (Å²) in [4.78, 5) is 37.1. The molecule has 1 atom stereocenters. The summed E-state index contributed by atoms with van der Waals surface area (Å²) in [6, 6.07) is 6.18. The van der Waals surface area contributed by atoms with E-state index in [4.69, 9.17) is 5.26 Å². The first-order valence-electron chi connectivity index (χ1n) is 6.67. The van der Waals surface area contributed by atoms with Gasteiger partial charge >= 0.3 is 0 Å². The molecule has 0 saturated carbocycles. The smallest absolute Gasteiger partial charge is 0.256 e. The van der Waals surface area contributed by atoms with E-state index in [1.54, 1.807) is 6.07 Å². The standard InChI is InChI=1S/C15H10N4O3/c16-5-8-1-2-9-7-19(15(22)13(9)10(8)6-17)11-3-4-12(20)18-14(11)21/h1-2,11H,3-4,7H2,(H,18,20,21). The molecule has 7 heteroatoms. The number of hydrogen-bond acceptors (Lipinski definition) is 5. The Bertz CT molecular complexity index is 800. The van der Waals surface area contributed by atoms with Crippen LogP contribution >= 0.6 is 0 Å². The molecule has 0 radical (unpaired) electrons. The molecule has 1 saturated heterocycles. The summed E-state index contributed by atoms with van der Waals surface area (Å²) in [6.45, 7) is 0.195. The highest BCUT2D eigenvalue weighted by molar-refractivity contribution is 6.06. The summed E-state index contributed by atoms with van der Waals surface area (Å²) in [7, 11) is 0. The minimum Gasteiger partial charge on any atom is -0.322 e. The summed E-state index contributed by atoms with van der Waals surface area (Å²) < 4.78 is 0. The van der Waals surface area contributed by atoms with Crippen LogP contribution in [0.25, 0.3) is 0 Å². The summed E-state index contributed by atoms with van der Waals surface area (Å²) in [5, 5.41) is 20.5. The third-order valence-corrected chi connectivity index (χ3v) is 3.93. The number of nitriles is 2. The highest BCUT2D eigenvalue weighted by Crippen LogP contribution is 2.30. The highest BCUT2D eigenvalue weighted by Gasteiger charge is 2.40. The lowest BCUT2D eigenvalue weighted by molar-refractivity contribution is -0.136. The third-order valence-electron chi connectivity index (χ3n) is 3.93. The summed E-state index contributed by atoms with van der Waals surface area (Å²) in [6.07, 6.45) is 0.433. The molecular weight excluding hydrogens is 284 g/mol. The zero-order valence-electron chi connectivity index (χ0n) is 11.4. The Kier molecular flexibility index (Phi) is 3.11. The molecule has 108 valence electrons. The minimum absolute atomic E-state index is 0.0415. The number of nitrogens with zero attached hydrogens (tertiary/aromatic N) is 3. The van der Waals surface area contributed by atoms with E-state index in [1.165, 1.54) is 11.0 Å². The van der Waals surface area contributed by atoms with Gasteiger partial charge in [-0.2, -0.15) is 10.5 Å². The van der Waals surface area contributed by atoms with Gasteiger partial charge in [-0.1, -0.05) is 6.07 Å². The third kappa shape index (κ3) is 1.92. The van der Waals surface area contributed by atoms with E-state index in [1.807, 2.05) is 12.1 Å². The summed E-state index contributed by atoms with van der Waals surface area (Å²) >= 11 is 0. The molecule has 1 aromatic carbocycles. The molecule has 2 aliphatic heterocycles. The van der Waals surface area contributed by atoms with Crippen molar-refractivity contribution in [3.05, 3.63) is 34.4 Å². The van der Waals surface area contributed by atoms with Crippen molar-refractivity contribution in [1.29, 1.82) is 10.5 Å². The van der Waals surface area contributed by atoms with Crippen molar-refractivity contribution in [2.45, 2.75) is 25.4 Å². The van der Waals surface area contributed by atoms with Gasteiger partial charge in [0.15, 0.2) is 0 Å². The largest absolute Gasteiger partial charge is 0.322 e. The molecule has 0 aromatic heterocycles. The molecule has 22 heavy (non-hydrogen) atoms. The Balaban J connectivity index is 1.99. The van der Waals surface area contributed by atoms with Crippen LogP contribution in [-0.4, -0.2) is 28.7 Å². The maximum atomic E-state index is 12.6. The normalized spacial score (nSPS) is 20.2. The maximum Gasteiger partial charge on any atom is 0.256 e. The second kappa shape index (κ2) is 4.97. The fourth-order valence-corrected chi connectivity index (χ4v) is 2.86. The van der Waals surface area contributed by atoms with Gasteiger partial charge in [-0.15, -0.1) is 0 Å². The predicted molar refractivity (Wildman–Crippen MR) is 71.9 cm³/mol. The van der Waals surface area contributed by atoms with Crippen molar-refractivity contribution in [2.75, 3.05) is 0 Å². The minimum atomic E-state index is -0.727. The Morgan fingerprint density at radius 3 is 2.59 bits per heavy atom. The van der Waals surface area contributed by atoms with Gasteiger partial charge in [0.25, 0.3) is 5.91 Å². The molecule has 0 spiro atoms. The van der Waals surface area contributed by atoms with Crippen molar-refractivity contribution < 1.29 is 14.4 Å². The van der Waals surface area contributed by atoms with Crippen LogP contribution in [0.1, 0.15) is 39.9 Å². The second-order valence-corrected chi connectivity index (χ2v) is 5.15. The molecule has 1 fully saturated rings. The van der Waals surface area contributed by atoms with E-state index >= 15 is 0 Å². The highest BCUT2D eigenvalue weighted by atomic mass is 16.2. The van der Waals surface area contributed by atoms with Gasteiger partial charge in [0.1, 0.15) is 18.2 Å². The fraction of sp³-hybridized carbons (Fsp3) is 0.267. The zero-order valence-corrected chi connectivity index (χ0v) is 11.4. The summed E-state index contributed by atoms with van der Waals surface area (Å²) in [5.41, 5.74) is 0.982. The number of nitrogens with one attached hydrogen (secondary N) is 1. The topological polar surface area (TPSA) is 114 Å². The lowest BCUT2D eigenvalue weighted by Gasteiger charge is -2.29. The number of fused-ring (bicyclic) bond motifs is 1. The van der Waals surface area contributed by atoms with Gasteiger partial charge in [-0.05, 0) is 18.1 Å². The number of piperidine rings is 1. The SMILES string of the molecule is N#Cc1ccc2c(c1C#N)C(=O)N(C1CCC(=O)NC1=O)C2. The van der Waals surface area contributed by atoms with Crippen LogP contribution in [-0.2, 0) is 16.1 Å². The molecule has 1 N–H and O–H groups in total. The molecule has 1 unspecified atom stereocenters.